The maximum atomic E-state index is 13.5. The van der Waals surface area contributed by atoms with Gasteiger partial charge in [-0.25, -0.2) is 0 Å². The molecule has 5 heteroatoms. The third-order valence-electron chi connectivity index (χ3n) is 7.44. The molecule has 2 amide bonds. The van der Waals surface area contributed by atoms with E-state index < -0.39 is 0 Å². The van der Waals surface area contributed by atoms with Gasteiger partial charge in [0.25, 0.3) is 11.8 Å². The average Bonchev–Trinajstić information content (AvgIpc) is 3.16. The minimum Gasteiger partial charge on any atom is -0.274 e. The third kappa shape index (κ3) is 3.58. The number of nitrogens with zero attached hydrogens (tertiary/aromatic N) is 1. The van der Waals surface area contributed by atoms with E-state index in [1.54, 1.807) is 0 Å². The monoisotopic (exact) mass is 589 g/mol. The number of fused-ring (bicyclic) bond motifs is 4. The van der Waals surface area contributed by atoms with Gasteiger partial charge in [0.15, 0.2) is 0 Å². The summed E-state index contributed by atoms with van der Waals surface area (Å²) in [4.78, 5) is 28.4. The first-order valence-electron chi connectivity index (χ1n) is 12.4. The molecule has 1 heterocycles. The molecule has 0 bridgehead atoms. The summed E-state index contributed by atoms with van der Waals surface area (Å²) in [7, 11) is 0. The smallest absolute Gasteiger partial charge is 0.261 e. The van der Waals surface area contributed by atoms with E-state index in [2.05, 4.69) is 75.2 Å². The highest BCUT2D eigenvalue weighted by Gasteiger charge is 2.35. The van der Waals surface area contributed by atoms with Gasteiger partial charge in [-0.05, 0) is 113 Å². The molecule has 0 unspecified atom stereocenters. The Morgan fingerprint density at radius 2 is 1.06 bits per heavy atom. The SMILES string of the molecule is CCCCCCCCN1C(=O)c2ccc3c4c(ccc(c24)C1=O)-c1cc2cc(Br)c(Br)cc2cc1-3. The molecule has 0 radical (unpaired) electrons. The number of rotatable bonds is 7. The van der Waals surface area contributed by atoms with Gasteiger partial charge in [-0.3, -0.25) is 14.5 Å². The van der Waals surface area contributed by atoms with Crippen LogP contribution in [0, 0.1) is 0 Å². The van der Waals surface area contributed by atoms with Gasteiger partial charge in [-0.2, -0.15) is 0 Å². The molecule has 3 nitrogen and oxygen atoms in total. The molecular formula is C30H25Br2NO2. The van der Waals surface area contributed by atoms with Gasteiger partial charge in [0.2, 0.25) is 0 Å². The number of hydrogen-bond acceptors (Lipinski definition) is 2. The van der Waals surface area contributed by atoms with Crippen LogP contribution >= 0.6 is 31.9 Å². The van der Waals surface area contributed by atoms with Gasteiger partial charge in [0.1, 0.15) is 0 Å². The molecular weight excluding hydrogens is 566 g/mol. The Labute approximate surface area is 221 Å². The van der Waals surface area contributed by atoms with Crippen molar-refractivity contribution in [1.82, 2.24) is 4.90 Å². The quantitative estimate of drug-likeness (QED) is 0.140. The predicted octanol–water partition coefficient (Wildman–Crippen LogP) is 9.12. The summed E-state index contributed by atoms with van der Waals surface area (Å²) in [5.41, 5.74) is 5.80. The minimum absolute atomic E-state index is 0.159. The number of unbranched alkanes of at least 4 members (excludes halogenated alkanes) is 5. The molecule has 6 rings (SSSR count). The van der Waals surface area contributed by atoms with Crippen LogP contribution in [0.4, 0.5) is 0 Å². The first kappa shape index (κ1) is 22.9. The van der Waals surface area contributed by atoms with E-state index in [1.165, 1.54) is 24.2 Å². The van der Waals surface area contributed by atoms with E-state index in [1.807, 2.05) is 12.1 Å². The van der Waals surface area contributed by atoms with Crippen molar-refractivity contribution in [3.8, 4) is 22.3 Å². The summed E-state index contributed by atoms with van der Waals surface area (Å²) in [6.07, 6.45) is 6.74. The van der Waals surface area contributed by atoms with Crippen LogP contribution in [0.3, 0.4) is 0 Å². The highest BCUT2D eigenvalue weighted by molar-refractivity contribution is 9.13. The molecule has 0 atom stereocenters. The van der Waals surface area contributed by atoms with Crippen LogP contribution in [-0.2, 0) is 0 Å². The number of amides is 2. The van der Waals surface area contributed by atoms with Gasteiger partial charge in [-0.1, -0.05) is 51.2 Å². The van der Waals surface area contributed by atoms with Crippen molar-refractivity contribution >= 4 is 65.2 Å². The van der Waals surface area contributed by atoms with E-state index in [0.717, 1.165) is 72.0 Å². The molecule has 1 aliphatic carbocycles. The molecule has 0 saturated carbocycles. The Morgan fingerprint density at radius 3 is 1.60 bits per heavy atom. The first-order valence-corrected chi connectivity index (χ1v) is 14.0. The highest BCUT2D eigenvalue weighted by atomic mass is 79.9. The lowest BCUT2D eigenvalue weighted by Gasteiger charge is -2.27. The Hall–Kier alpha value is -2.50. The molecule has 0 spiro atoms. The van der Waals surface area contributed by atoms with Crippen molar-refractivity contribution in [1.29, 1.82) is 0 Å². The number of hydrogen-bond donors (Lipinski definition) is 0. The van der Waals surface area contributed by atoms with Crippen LogP contribution in [0.25, 0.3) is 43.8 Å². The Balaban J connectivity index is 1.41. The zero-order valence-electron chi connectivity index (χ0n) is 19.6. The van der Waals surface area contributed by atoms with Crippen LogP contribution in [-0.4, -0.2) is 23.3 Å². The Bertz CT molecular complexity index is 1450. The van der Waals surface area contributed by atoms with Crippen molar-refractivity contribution in [2.24, 2.45) is 0 Å². The average molecular weight is 591 g/mol. The molecule has 1 aliphatic heterocycles. The molecule has 0 aromatic heterocycles. The molecule has 35 heavy (non-hydrogen) atoms. The predicted molar refractivity (Wildman–Crippen MR) is 150 cm³/mol. The molecule has 0 N–H and O–H groups in total. The van der Waals surface area contributed by atoms with Gasteiger partial charge >= 0.3 is 0 Å². The number of benzene rings is 4. The maximum absolute atomic E-state index is 13.5. The summed E-state index contributed by atoms with van der Waals surface area (Å²) in [6.45, 7) is 2.69. The Kier molecular flexibility index (Phi) is 5.81. The number of carbonyl (C=O) groups excluding carboxylic acids is 2. The van der Waals surface area contributed by atoms with Crippen molar-refractivity contribution in [2.75, 3.05) is 6.54 Å². The third-order valence-corrected chi connectivity index (χ3v) is 9.29. The van der Waals surface area contributed by atoms with E-state index in [9.17, 15) is 9.59 Å². The fourth-order valence-electron chi connectivity index (χ4n) is 5.68. The summed E-state index contributed by atoms with van der Waals surface area (Å²) in [5.74, 6) is -0.317. The van der Waals surface area contributed by atoms with Crippen LogP contribution in [0.2, 0.25) is 0 Å². The standard InChI is InChI=1S/C30H25Br2NO2/c1-2-3-4-5-6-7-12-33-29(34)21-10-8-19-23-13-17-15-25(31)26(32)16-18(17)14-24(23)20-9-11-22(30(33)35)28(21)27(19)20/h8-11,13-16H,2-7,12H2,1H3. The van der Waals surface area contributed by atoms with Crippen molar-refractivity contribution in [2.45, 2.75) is 45.4 Å². The van der Waals surface area contributed by atoms with Gasteiger partial charge in [0, 0.05) is 32.0 Å². The number of carbonyl (C=O) groups is 2. The second-order valence-corrected chi connectivity index (χ2v) is 11.3. The molecule has 0 fully saturated rings. The fourth-order valence-corrected chi connectivity index (χ4v) is 6.40. The van der Waals surface area contributed by atoms with Crippen molar-refractivity contribution < 1.29 is 9.59 Å². The lowest BCUT2D eigenvalue weighted by molar-refractivity contribution is 0.0608. The zero-order chi connectivity index (χ0) is 24.3. The second-order valence-electron chi connectivity index (χ2n) is 9.61. The van der Waals surface area contributed by atoms with Crippen LogP contribution in [0.5, 0.6) is 0 Å². The molecule has 2 aliphatic rings. The van der Waals surface area contributed by atoms with E-state index in [0.29, 0.717) is 17.7 Å². The van der Waals surface area contributed by atoms with Gasteiger partial charge in [-0.15, -0.1) is 0 Å². The van der Waals surface area contributed by atoms with E-state index >= 15 is 0 Å². The maximum Gasteiger partial charge on any atom is 0.261 e. The number of imide groups is 1. The first-order chi connectivity index (χ1) is 17.0. The molecule has 176 valence electrons. The fraction of sp³-hybridized carbons (Fsp3) is 0.267. The summed E-state index contributed by atoms with van der Waals surface area (Å²) >= 11 is 7.23. The highest BCUT2D eigenvalue weighted by Crippen LogP contribution is 2.51. The van der Waals surface area contributed by atoms with E-state index in [-0.39, 0.29) is 11.8 Å². The molecule has 4 aromatic rings. The molecule has 0 saturated heterocycles. The largest absolute Gasteiger partial charge is 0.274 e. The van der Waals surface area contributed by atoms with Crippen LogP contribution < -0.4 is 0 Å². The normalized spacial score (nSPS) is 13.9. The molecule has 4 aromatic carbocycles. The summed E-state index contributed by atoms with van der Waals surface area (Å²) in [6, 6.07) is 16.6. The van der Waals surface area contributed by atoms with E-state index in [4.69, 9.17) is 0 Å². The zero-order valence-corrected chi connectivity index (χ0v) is 22.8. The van der Waals surface area contributed by atoms with Crippen LogP contribution in [0.15, 0.2) is 57.5 Å². The summed E-state index contributed by atoms with van der Waals surface area (Å²) < 4.78 is 2.03. The summed E-state index contributed by atoms with van der Waals surface area (Å²) in [5, 5.41) is 4.14. The van der Waals surface area contributed by atoms with Gasteiger partial charge in [0.05, 0.1) is 0 Å². The number of halogens is 2. The minimum atomic E-state index is -0.159. The van der Waals surface area contributed by atoms with Gasteiger partial charge < -0.3 is 0 Å². The topological polar surface area (TPSA) is 37.4 Å². The Morgan fingerprint density at radius 1 is 0.600 bits per heavy atom. The second kappa shape index (κ2) is 8.86. The lowest BCUT2D eigenvalue weighted by Crippen LogP contribution is -2.40. The van der Waals surface area contributed by atoms with Crippen molar-refractivity contribution in [3.63, 3.8) is 0 Å². The van der Waals surface area contributed by atoms with Crippen LogP contribution in [0.1, 0.15) is 66.2 Å². The van der Waals surface area contributed by atoms with Crippen molar-refractivity contribution in [3.05, 3.63) is 68.6 Å². The lowest BCUT2D eigenvalue weighted by atomic mass is 9.90.